The molecule has 0 radical (unpaired) electrons. The maximum atomic E-state index is 12.6. The van der Waals surface area contributed by atoms with Gasteiger partial charge in [0.25, 0.3) is 0 Å². The first kappa shape index (κ1) is 10.9. The van der Waals surface area contributed by atoms with Crippen molar-refractivity contribution in [3.05, 3.63) is 28.8 Å². The first-order valence-electron chi connectivity index (χ1n) is 3.82. The van der Waals surface area contributed by atoms with Gasteiger partial charge in [-0.05, 0) is 0 Å². The fourth-order valence-electron chi connectivity index (χ4n) is 1.53. The Hall–Kier alpha value is -0.200. The van der Waals surface area contributed by atoms with Crippen LogP contribution < -0.4 is 3.61 Å². The Morgan fingerprint density at radius 3 is 1.62 bits per heavy atom. The number of aryl methyl sites for hydroxylation is 3. The number of hydrogen-bond acceptors (Lipinski definition) is 0. The van der Waals surface area contributed by atoms with E-state index in [-0.39, 0.29) is 3.61 Å². The molecule has 0 aliphatic carbocycles. The molecule has 0 heterocycles. The van der Waals surface area contributed by atoms with Gasteiger partial charge in [-0.1, -0.05) is 0 Å². The Kier molecular flexibility index (Phi) is 2.94. The minimum atomic E-state index is -6.16. The molecule has 1 aromatic rings. The predicted molar refractivity (Wildman–Crippen MR) is 49.4 cm³/mol. The summed E-state index contributed by atoms with van der Waals surface area (Å²) in [5, 5.41) is 0. The summed E-state index contributed by atoms with van der Waals surface area (Å²) >= 11 is -6.16. The molecule has 0 N–H and O–H groups in total. The zero-order chi connectivity index (χ0) is 10.2. The SMILES string of the molecule is Cc1cc(C)c([Te](F)(F)F)c(C)c1. The Labute approximate surface area is 81.9 Å². The van der Waals surface area contributed by atoms with E-state index in [1.54, 1.807) is 12.1 Å². The molecule has 0 aromatic heterocycles. The van der Waals surface area contributed by atoms with Crippen LogP contribution in [0.15, 0.2) is 12.1 Å². The third kappa shape index (κ3) is 2.38. The number of benzene rings is 1. The summed E-state index contributed by atoms with van der Waals surface area (Å²) in [6, 6.07) is 3.20. The topological polar surface area (TPSA) is 0 Å². The summed E-state index contributed by atoms with van der Waals surface area (Å²) in [5.41, 5.74) is 1.66. The third-order valence-electron chi connectivity index (χ3n) is 1.84. The van der Waals surface area contributed by atoms with Gasteiger partial charge < -0.3 is 0 Å². The summed E-state index contributed by atoms with van der Waals surface area (Å²) < 4.78 is 37.6. The van der Waals surface area contributed by atoms with Gasteiger partial charge in [0.05, 0.1) is 0 Å². The zero-order valence-corrected chi connectivity index (χ0v) is 10.0. The van der Waals surface area contributed by atoms with Crippen LogP contribution in [0, 0.1) is 20.8 Å². The average Bonchev–Trinajstić information content (AvgIpc) is 1.78. The molecule has 0 atom stereocenters. The Bertz CT molecular complexity index is 305. The van der Waals surface area contributed by atoms with Crippen molar-refractivity contribution in [3.8, 4) is 0 Å². The van der Waals surface area contributed by atoms with Gasteiger partial charge in [-0.25, -0.2) is 0 Å². The van der Waals surface area contributed by atoms with Crippen LogP contribution in [-0.2, 0) is 0 Å². The molecule has 4 heteroatoms. The fraction of sp³-hybridized carbons (Fsp3) is 0.333. The van der Waals surface area contributed by atoms with Crippen LogP contribution in [0.25, 0.3) is 0 Å². The van der Waals surface area contributed by atoms with Crippen molar-refractivity contribution in [2.75, 3.05) is 0 Å². The number of rotatable bonds is 1. The second kappa shape index (κ2) is 3.51. The molecule has 0 aliphatic heterocycles. The standard InChI is InChI=1S/C9H11F3Te/c1-6-4-7(2)9(8(3)5-6)13(10,11)12/h4-5H,1-3H3. The van der Waals surface area contributed by atoms with Crippen molar-refractivity contribution >= 4 is 23.5 Å². The van der Waals surface area contributed by atoms with Crippen molar-refractivity contribution in [1.82, 2.24) is 0 Å². The fourth-order valence-corrected chi connectivity index (χ4v) is 3.95. The predicted octanol–water partition coefficient (Wildman–Crippen LogP) is 2.67. The van der Waals surface area contributed by atoms with Crippen molar-refractivity contribution in [1.29, 1.82) is 0 Å². The molecule has 0 bridgehead atoms. The van der Waals surface area contributed by atoms with Crippen LogP contribution in [0.5, 0.6) is 0 Å². The molecule has 74 valence electrons. The molecule has 0 saturated heterocycles. The van der Waals surface area contributed by atoms with Crippen LogP contribution >= 0.6 is 0 Å². The molecule has 0 nitrogen and oxygen atoms in total. The molecule has 1 aromatic carbocycles. The Morgan fingerprint density at radius 1 is 0.923 bits per heavy atom. The molecular weight excluding hydrogens is 293 g/mol. The van der Waals surface area contributed by atoms with Gasteiger partial charge in [0, 0.05) is 0 Å². The summed E-state index contributed by atoms with van der Waals surface area (Å²) in [4.78, 5) is 0. The van der Waals surface area contributed by atoms with Crippen LogP contribution in [0.2, 0.25) is 0 Å². The average molecular weight is 304 g/mol. The van der Waals surface area contributed by atoms with Gasteiger partial charge in [0.1, 0.15) is 0 Å². The van der Waals surface area contributed by atoms with Gasteiger partial charge in [-0.2, -0.15) is 0 Å². The van der Waals surface area contributed by atoms with E-state index in [0.717, 1.165) is 5.56 Å². The van der Waals surface area contributed by atoms with E-state index in [1.165, 1.54) is 13.8 Å². The van der Waals surface area contributed by atoms with Crippen molar-refractivity contribution in [2.24, 2.45) is 0 Å². The van der Waals surface area contributed by atoms with Crippen LogP contribution in [0.1, 0.15) is 16.7 Å². The van der Waals surface area contributed by atoms with E-state index in [9.17, 15) is 8.68 Å². The normalized spacial score (nSPS) is 13.1. The second-order valence-electron chi connectivity index (χ2n) is 3.13. The Balaban J connectivity index is 3.38. The third-order valence-corrected chi connectivity index (χ3v) is 5.00. The molecule has 13 heavy (non-hydrogen) atoms. The molecule has 0 aliphatic rings. The maximum absolute atomic E-state index is 12.6. The zero-order valence-electron chi connectivity index (χ0n) is 7.70. The summed E-state index contributed by atoms with van der Waals surface area (Å²) in [7, 11) is 0. The van der Waals surface area contributed by atoms with E-state index in [1.807, 2.05) is 6.92 Å². The van der Waals surface area contributed by atoms with E-state index in [4.69, 9.17) is 0 Å². The molecule has 0 spiro atoms. The van der Waals surface area contributed by atoms with Gasteiger partial charge in [0.2, 0.25) is 0 Å². The summed E-state index contributed by atoms with van der Waals surface area (Å²) in [6.07, 6.45) is 0. The molecule has 0 saturated carbocycles. The minimum absolute atomic E-state index is 0.312. The first-order valence-corrected chi connectivity index (χ1v) is 7.63. The van der Waals surface area contributed by atoms with Crippen molar-refractivity contribution < 1.29 is 8.68 Å². The first-order chi connectivity index (χ1) is 5.82. The van der Waals surface area contributed by atoms with Crippen LogP contribution in [0.4, 0.5) is 8.68 Å². The van der Waals surface area contributed by atoms with E-state index < -0.39 is 19.9 Å². The van der Waals surface area contributed by atoms with Gasteiger partial charge in [0.15, 0.2) is 0 Å². The summed E-state index contributed by atoms with van der Waals surface area (Å²) in [5.74, 6) is 0. The van der Waals surface area contributed by atoms with Crippen molar-refractivity contribution in [3.63, 3.8) is 0 Å². The second-order valence-corrected chi connectivity index (χ2v) is 6.62. The quantitative estimate of drug-likeness (QED) is 0.700. The van der Waals surface area contributed by atoms with E-state index >= 15 is 0 Å². The van der Waals surface area contributed by atoms with Gasteiger partial charge >= 0.3 is 81.8 Å². The van der Waals surface area contributed by atoms with Crippen LogP contribution in [0.3, 0.4) is 0 Å². The van der Waals surface area contributed by atoms with Crippen LogP contribution in [-0.4, -0.2) is 19.9 Å². The van der Waals surface area contributed by atoms with Gasteiger partial charge in [-0.3, -0.25) is 0 Å². The van der Waals surface area contributed by atoms with Crippen molar-refractivity contribution in [2.45, 2.75) is 20.8 Å². The summed E-state index contributed by atoms with van der Waals surface area (Å²) in [6.45, 7) is 4.89. The molecular formula is C9H11F3Te. The van der Waals surface area contributed by atoms with E-state index in [0.29, 0.717) is 11.1 Å². The van der Waals surface area contributed by atoms with E-state index in [2.05, 4.69) is 0 Å². The molecule has 0 amide bonds. The Morgan fingerprint density at radius 2 is 1.31 bits per heavy atom. The molecule has 1 rings (SSSR count). The van der Waals surface area contributed by atoms with Gasteiger partial charge in [-0.15, -0.1) is 0 Å². The number of halogens is 3. The monoisotopic (exact) mass is 306 g/mol. The molecule has 0 unspecified atom stereocenters. The number of hydrogen-bond donors (Lipinski definition) is 0. The molecule has 0 fully saturated rings.